The van der Waals surface area contributed by atoms with Crippen molar-refractivity contribution in [3.8, 4) is 0 Å². The van der Waals surface area contributed by atoms with Crippen LogP contribution in [-0.4, -0.2) is 23.6 Å². The number of aromatic nitrogens is 1. The minimum Gasteiger partial charge on any atom is -0.456 e. The summed E-state index contributed by atoms with van der Waals surface area (Å²) in [5.41, 5.74) is 1.98. The fraction of sp³-hybridized carbons (Fsp3) is 0.353. The van der Waals surface area contributed by atoms with Gasteiger partial charge in [0.2, 0.25) is 0 Å². The average Bonchev–Trinajstić information content (AvgIpc) is 2.88. The van der Waals surface area contributed by atoms with Gasteiger partial charge in [-0.05, 0) is 26.3 Å². The van der Waals surface area contributed by atoms with E-state index in [2.05, 4.69) is 10.5 Å². The van der Waals surface area contributed by atoms with E-state index >= 15 is 0 Å². The Labute approximate surface area is 139 Å². The van der Waals surface area contributed by atoms with Crippen LogP contribution < -0.4 is 5.32 Å². The second-order valence-electron chi connectivity index (χ2n) is 5.33. The molecule has 0 saturated heterocycles. The van der Waals surface area contributed by atoms with Gasteiger partial charge in [-0.3, -0.25) is 9.59 Å². The third kappa shape index (κ3) is 4.91. The number of hydrogen-bond donors (Lipinski definition) is 1. The standard InChI is InChI=1S/C17H19FN2O4/c1-11-14(12(2)24-20-11)7-8-17(22)23-10-16(21)19-9-13-5-3-4-6-15(13)18/h3-6H,7-10H2,1-2H3,(H,19,21). The lowest BCUT2D eigenvalue weighted by atomic mass is 10.1. The van der Waals surface area contributed by atoms with Crippen LogP contribution in [0.15, 0.2) is 28.8 Å². The van der Waals surface area contributed by atoms with Crippen LogP contribution >= 0.6 is 0 Å². The van der Waals surface area contributed by atoms with E-state index in [4.69, 9.17) is 9.26 Å². The molecule has 128 valence electrons. The third-order valence-corrected chi connectivity index (χ3v) is 3.56. The van der Waals surface area contributed by atoms with Crippen LogP contribution in [0.3, 0.4) is 0 Å². The van der Waals surface area contributed by atoms with Gasteiger partial charge in [0.15, 0.2) is 6.61 Å². The smallest absolute Gasteiger partial charge is 0.306 e. The zero-order valence-corrected chi connectivity index (χ0v) is 13.6. The first-order valence-electron chi connectivity index (χ1n) is 7.55. The normalized spacial score (nSPS) is 10.5. The summed E-state index contributed by atoms with van der Waals surface area (Å²) in [6, 6.07) is 6.14. The number of esters is 1. The number of benzene rings is 1. The van der Waals surface area contributed by atoms with Gasteiger partial charge >= 0.3 is 5.97 Å². The van der Waals surface area contributed by atoms with E-state index in [1.165, 1.54) is 6.07 Å². The van der Waals surface area contributed by atoms with E-state index in [1.54, 1.807) is 32.0 Å². The van der Waals surface area contributed by atoms with E-state index < -0.39 is 24.3 Å². The molecule has 1 aromatic carbocycles. The Morgan fingerprint density at radius 2 is 2.04 bits per heavy atom. The molecule has 2 aromatic rings. The topological polar surface area (TPSA) is 81.4 Å². The minimum atomic E-state index is -0.490. The van der Waals surface area contributed by atoms with Crippen molar-refractivity contribution in [2.24, 2.45) is 0 Å². The van der Waals surface area contributed by atoms with Crippen molar-refractivity contribution >= 4 is 11.9 Å². The number of ether oxygens (including phenoxy) is 1. The largest absolute Gasteiger partial charge is 0.456 e. The Morgan fingerprint density at radius 1 is 1.29 bits per heavy atom. The number of halogens is 1. The van der Waals surface area contributed by atoms with Crippen molar-refractivity contribution < 1.29 is 23.2 Å². The molecule has 1 amide bonds. The van der Waals surface area contributed by atoms with Crippen LogP contribution in [0.2, 0.25) is 0 Å². The third-order valence-electron chi connectivity index (χ3n) is 3.56. The first-order chi connectivity index (χ1) is 11.5. The number of aryl methyl sites for hydroxylation is 2. The predicted octanol–water partition coefficient (Wildman–Crippen LogP) is 2.22. The molecule has 1 N–H and O–H groups in total. The maximum Gasteiger partial charge on any atom is 0.306 e. The molecule has 6 nitrogen and oxygen atoms in total. The quantitative estimate of drug-likeness (QED) is 0.785. The Morgan fingerprint density at radius 3 is 2.71 bits per heavy atom. The van der Waals surface area contributed by atoms with E-state index in [9.17, 15) is 14.0 Å². The fourth-order valence-corrected chi connectivity index (χ4v) is 2.19. The molecule has 0 bridgehead atoms. The highest BCUT2D eigenvalue weighted by molar-refractivity contribution is 5.80. The van der Waals surface area contributed by atoms with Crippen LogP contribution in [0.5, 0.6) is 0 Å². The number of nitrogens with one attached hydrogen (secondary N) is 1. The number of rotatable bonds is 7. The average molecular weight is 334 g/mol. The molecular weight excluding hydrogens is 315 g/mol. The minimum absolute atomic E-state index is 0.0438. The van der Waals surface area contributed by atoms with Gasteiger partial charge in [0.25, 0.3) is 5.91 Å². The number of hydrogen-bond acceptors (Lipinski definition) is 5. The first-order valence-corrected chi connectivity index (χ1v) is 7.55. The van der Waals surface area contributed by atoms with Crippen LogP contribution in [-0.2, 0) is 27.3 Å². The molecular formula is C17H19FN2O4. The van der Waals surface area contributed by atoms with E-state index in [0.29, 0.717) is 17.7 Å². The zero-order chi connectivity index (χ0) is 17.5. The molecule has 0 fully saturated rings. The number of carbonyl (C=O) groups excluding carboxylic acids is 2. The lowest BCUT2D eigenvalue weighted by Gasteiger charge is -2.07. The van der Waals surface area contributed by atoms with Crippen molar-refractivity contribution in [3.05, 3.63) is 52.7 Å². The lowest BCUT2D eigenvalue weighted by Crippen LogP contribution is -2.28. The van der Waals surface area contributed by atoms with Crippen molar-refractivity contribution in [1.29, 1.82) is 0 Å². The Hall–Kier alpha value is -2.70. The maximum absolute atomic E-state index is 13.4. The Bertz CT molecular complexity index is 708. The maximum atomic E-state index is 13.4. The highest BCUT2D eigenvalue weighted by atomic mass is 19.1. The van der Waals surface area contributed by atoms with Gasteiger partial charge in [0, 0.05) is 24.1 Å². The number of amides is 1. The summed E-state index contributed by atoms with van der Waals surface area (Å²) in [5.74, 6) is -0.697. The molecule has 0 unspecified atom stereocenters. The van der Waals surface area contributed by atoms with E-state index in [0.717, 1.165) is 11.3 Å². The molecule has 0 saturated carbocycles. The van der Waals surface area contributed by atoms with Gasteiger partial charge in [-0.15, -0.1) is 0 Å². The molecule has 0 radical (unpaired) electrons. The molecule has 7 heteroatoms. The summed E-state index contributed by atoms with van der Waals surface area (Å²) in [4.78, 5) is 23.3. The molecule has 24 heavy (non-hydrogen) atoms. The van der Waals surface area contributed by atoms with Crippen LogP contribution in [0.1, 0.15) is 29.0 Å². The number of carbonyl (C=O) groups is 2. The van der Waals surface area contributed by atoms with Gasteiger partial charge in [-0.2, -0.15) is 0 Å². The van der Waals surface area contributed by atoms with Gasteiger partial charge in [-0.25, -0.2) is 4.39 Å². The second-order valence-corrected chi connectivity index (χ2v) is 5.33. The van der Waals surface area contributed by atoms with Crippen molar-refractivity contribution in [2.45, 2.75) is 33.2 Å². The van der Waals surface area contributed by atoms with Crippen LogP contribution in [0.4, 0.5) is 4.39 Å². The van der Waals surface area contributed by atoms with Gasteiger partial charge in [-0.1, -0.05) is 23.4 Å². The summed E-state index contributed by atoms with van der Waals surface area (Å²) < 4.78 is 23.3. The van der Waals surface area contributed by atoms with Crippen molar-refractivity contribution in [2.75, 3.05) is 6.61 Å². The van der Waals surface area contributed by atoms with Gasteiger partial charge < -0.3 is 14.6 Å². The van der Waals surface area contributed by atoms with E-state index in [1.807, 2.05) is 0 Å². The molecule has 0 aliphatic rings. The number of nitrogens with zero attached hydrogens (tertiary/aromatic N) is 1. The highest BCUT2D eigenvalue weighted by Gasteiger charge is 2.13. The first kappa shape index (κ1) is 17.7. The molecule has 0 atom stereocenters. The van der Waals surface area contributed by atoms with Crippen LogP contribution in [0, 0.1) is 19.7 Å². The van der Waals surface area contributed by atoms with Gasteiger partial charge in [0.05, 0.1) is 5.69 Å². The summed E-state index contributed by atoms with van der Waals surface area (Å²) >= 11 is 0. The summed E-state index contributed by atoms with van der Waals surface area (Å²) in [6.07, 6.45) is 0.570. The molecule has 1 heterocycles. The lowest BCUT2D eigenvalue weighted by molar-refractivity contribution is -0.148. The second kappa shape index (κ2) is 8.24. The Kier molecular flexibility index (Phi) is 6.06. The Balaban J connectivity index is 1.70. The fourth-order valence-electron chi connectivity index (χ4n) is 2.19. The van der Waals surface area contributed by atoms with Gasteiger partial charge in [0.1, 0.15) is 11.6 Å². The summed E-state index contributed by atoms with van der Waals surface area (Å²) in [5, 5.41) is 6.31. The summed E-state index contributed by atoms with van der Waals surface area (Å²) in [7, 11) is 0. The monoisotopic (exact) mass is 334 g/mol. The van der Waals surface area contributed by atoms with Crippen molar-refractivity contribution in [3.63, 3.8) is 0 Å². The van der Waals surface area contributed by atoms with Crippen molar-refractivity contribution in [1.82, 2.24) is 10.5 Å². The predicted molar refractivity (Wildman–Crippen MR) is 83.5 cm³/mol. The zero-order valence-electron chi connectivity index (χ0n) is 13.6. The highest BCUT2D eigenvalue weighted by Crippen LogP contribution is 2.14. The molecule has 0 spiro atoms. The molecule has 0 aliphatic carbocycles. The molecule has 1 aromatic heterocycles. The van der Waals surface area contributed by atoms with Crippen LogP contribution in [0.25, 0.3) is 0 Å². The van der Waals surface area contributed by atoms with E-state index in [-0.39, 0.29) is 13.0 Å². The SMILES string of the molecule is Cc1noc(C)c1CCC(=O)OCC(=O)NCc1ccccc1F. The summed E-state index contributed by atoms with van der Waals surface area (Å²) in [6.45, 7) is 3.22. The molecule has 0 aliphatic heterocycles. The molecule has 2 rings (SSSR count).